The van der Waals surface area contributed by atoms with Crippen molar-refractivity contribution in [1.82, 2.24) is 0 Å². The van der Waals surface area contributed by atoms with Crippen LogP contribution in [0.1, 0.15) is 82.9 Å². The van der Waals surface area contributed by atoms with Crippen molar-refractivity contribution in [2.75, 3.05) is 0 Å². The van der Waals surface area contributed by atoms with Gasteiger partial charge in [0.1, 0.15) is 11.7 Å². The molecule has 0 bridgehead atoms. The fourth-order valence-electron chi connectivity index (χ4n) is 3.40. The number of ketones is 2. The van der Waals surface area contributed by atoms with E-state index in [2.05, 4.69) is 0 Å². The number of hydrogen-bond donors (Lipinski definition) is 1. The van der Waals surface area contributed by atoms with Crippen molar-refractivity contribution in [3.05, 3.63) is 64.2 Å². The smallest absolute Gasteiger partial charge is 0.178 e. The zero-order valence-corrected chi connectivity index (χ0v) is 14.5. The van der Waals surface area contributed by atoms with Crippen molar-refractivity contribution in [1.29, 1.82) is 0 Å². The van der Waals surface area contributed by atoms with E-state index in [0.29, 0.717) is 16.7 Å². The van der Waals surface area contributed by atoms with Gasteiger partial charge in [0.2, 0.25) is 0 Å². The zero-order valence-electron chi connectivity index (χ0n) is 14.5. The van der Waals surface area contributed by atoms with Gasteiger partial charge < -0.3 is 5.11 Å². The molecule has 0 fully saturated rings. The second kappa shape index (κ2) is 5.90. The third-order valence-corrected chi connectivity index (χ3v) is 4.75. The first kappa shape index (κ1) is 16.4. The lowest BCUT2D eigenvalue weighted by Gasteiger charge is -2.19. The Kier molecular flexibility index (Phi) is 4.04. The van der Waals surface area contributed by atoms with E-state index in [0.717, 1.165) is 11.1 Å². The molecule has 0 spiro atoms. The van der Waals surface area contributed by atoms with Crippen molar-refractivity contribution in [2.45, 2.75) is 45.4 Å². The molecule has 0 atom stereocenters. The molecule has 3 nitrogen and oxygen atoms in total. The van der Waals surface area contributed by atoms with Gasteiger partial charge >= 0.3 is 0 Å². The van der Waals surface area contributed by atoms with Crippen LogP contribution in [0.25, 0.3) is 0 Å². The Hall–Kier alpha value is -2.42. The highest BCUT2D eigenvalue weighted by atomic mass is 16.3. The number of benzene rings is 2. The van der Waals surface area contributed by atoms with Crippen LogP contribution in [0.15, 0.2) is 36.4 Å². The normalized spacial score (nSPS) is 14.8. The number of hydrogen-bond acceptors (Lipinski definition) is 3. The molecule has 2 aromatic carbocycles. The van der Waals surface area contributed by atoms with Crippen LogP contribution >= 0.6 is 0 Å². The van der Waals surface area contributed by atoms with E-state index < -0.39 is 5.92 Å². The Bertz CT molecular complexity index is 767. The summed E-state index contributed by atoms with van der Waals surface area (Å²) in [4.78, 5) is 25.5. The molecule has 124 valence electrons. The molecule has 0 aromatic heterocycles. The molecule has 2 aromatic rings. The van der Waals surface area contributed by atoms with Gasteiger partial charge in [0.15, 0.2) is 11.6 Å². The Morgan fingerprint density at radius 2 is 1.25 bits per heavy atom. The molecule has 0 saturated heterocycles. The van der Waals surface area contributed by atoms with E-state index in [4.69, 9.17) is 0 Å². The molecule has 0 amide bonds. The van der Waals surface area contributed by atoms with Gasteiger partial charge in [0, 0.05) is 11.1 Å². The van der Waals surface area contributed by atoms with E-state index in [-0.39, 0.29) is 29.2 Å². The summed E-state index contributed by atoms with van der Waals surface area (Å²) in [6.45, 7) is 7.98. The van der Waals surface area contributed by atoms with Crippen molar-refractivity contribution in [3.8, 4) is 5.75 Å². The molecule has 1 aliphatic rings. The lowest BCUT2D eigenvalue weighted by atomic mass is 9.85. The Morgan fingerprint density at radius 3 is 1.62 bits per heavy atom. The van der Waals surface area contributed by atoms with Gasteiger partial charge in [0.05, 0.1) is 0 Å². The fraction of sp³-hybridized carbons (Fsp3) is 0.333. The van der Waals surface area contributed by atoms with Gasteiger partial charge in [0.25, 0.3) is 0 Å². The number of carbonyl (C=O) groups is 2. The molecule has 24 heavy (non-hydrogen) atoms. The maximum atomic E-state index is 12.8. The summed E-state index contributed by atoms with van der Waals surface area (Å²) in [6.07, 6.45) is 0. The first-order valence-electron chi connectivity index (χ1n) is 8.37. The largest absolute Gasteiger partial charge is 0.507 e. The van der Waals surface area contributed by atoms with Crippen LogP contribution in [0, 0.1) is 0 Å². The van der Waals surface area contributed by atoms with E-state index in [1.54, 1.807) is 24.3 Å². The quantitative estimate of drug-likeness (QED) is 0.826. The number of fused-ring (bicyclic) bond motifs is 1. The molecule has 3 heteroatoms. The number of rotatable bonds is 3. The summed E-state index contributed by atoms with van der Waals surface area (Å²) in [6, 6.07) is 10.6. The standard InChI is InChI=1S/C21H22O3/c1-11(2)16-9-13(10-17(12(3)4)19(16)22)18-20(23)14-7-5-6-8-15(14)21(18)24/h5-12,18,22H,1-4H3. The minimum atomic E-state index is -0.794. The zero-order chi connectivity index (χ0) is 17.6. The van der Waals surface area contributed by atoms with Crippen molar-refractivity contribution in [2.24, 2.45) is 0 Å². The minimum absolute atomic E-state index is 0.108. The van der Waals surface area contributed by atoms with Crippen LogP contribution < -0.4 is 0 Å². The summed E-state index contributed by atoms with van der Waals surface area (Å²) in [7, 11) is 0. The molecular weight excluding hydrogens is 300 g/mol. The summed E-state index contributed by atoms with van der Waals surface area (Å²) in [5.41, 5.74) is 3.25. The predicted octanol–water partition coefficient (Wildman–Crippen LogP) is 4.80. The molecule has 0 saturated carbocycles. The average molecular weight is 322 g/mol. The second-order valence-electron chi connectivity index (χ2n) is 7.06. The Balaban J connectivity index is 2.17. The van der Waals surface area contributed by atoms with E-state index in [1.165, 1.54) is 0 Å². The van der Waals surface area contributed by atoms with Gasteiger partial charge in [-0.2, -0.15) is 0 Å². The Morgan fingerprint density at radius 1 is 0.833 bits per heavy atom. The van der Waals surface area contributed by atoms with Crippen molar-refractivity contribution >= 4 is 11.6 Å². The maximum absolute atomic E-state index is 12.8. The number of phenols is 1. The van der Waals surface area contributed by atoms with E-state index >= 15 is 0 Å². The van der Waals surface area contributed by atoms with Crippen LogP contribution in [-0.4, -0.2) is 16.7 Å². The molecule has 0 aliphatic heterocycles. The first-order chi connectivity index (χ1) is 11.3. The van der Waals surface area contributed by atoms with Gasteiger partial charge in [-0.05, 0) is 28.5 Å². The summed E-state index contributed by atoms with van der Waals surface area (Å²) in [5.74, 6) is -0.596. The lowest BCUT2D eigenvalue weighted by molar-refractivity contribution is 0.0890. The van der Waals surface area contributed by atoms with E-state index in [9.17, 15) is 14.7 Å². The number of Topliss-reactive ketones (excluding diaryl/α,β-unsaturated/α-hetero) is 2. The van der Waals surface area contributed by atoms with Gasteiger partial charge in [-0.1, -0.05) is 64.1 Å². The monoisotopic (exact) mass is 322 g/mol. The van der Waals surface area contributed by atoms with Crippen molar-refractivity contribution < 1.29 is 14.7 Å². The fourth-order valence-corrected chi connectivity index (χ4v) is 3.40. The average Bonchev–Trinajstić information content (AvgIpc) is 2.79. The highest BCUT2D eigenvalue weighted by Crippen LogP contribution is 2.40. The highest BCUT2D eigenvalue weighted by molar-refractivity contribution is 6.29. The topological polar surface area (TPSA) is 54.4 Å². The molecule has 0 radical (unpaired) electrons. The van der Waals surface area contributed by atoms with E-state index in [1.807, 2.05) is 39.8 Å². The minimum Gasteiger partial charge on any atom is -0.507 e. The van der Waals surface area contributed by atoms with Crippen LogP contribution in [0.2, 0.25) is 0 Å². The molecule has 0 heterocycles. The SMILES string of the molecule is CC(C)c1cc(C2C(=O)c3ccccc3C2=O)cc(C(C)C)c1O. The predicted molar refractivity (Wildman–Crippen MR) is 94.1 cm³/mol. The van der Waals surface area contributed by atoms with Gasteiger partial charge in [-0.25, -0.2) is 0 Å². The number of phenolic OH excluding ortho intramolecular Hbond substituents is 1. The van der Waals surface area contributed by atoms with Crippen LogP contribution in [0.5, 0.6) is 5.75 Å². The Labute approximate surface area is 142 Å². The lowest BCUT2D eigenvalue weighted by Crippen LogP contribution is -2.14. The summed E-state index contributed by atoms with van der Waals surface area (Å²) in [5, 5.41) is 10.5. The van der Waals surface area contributed by atoms with Gasteiger partial charge in [-0.15, -0.1) is 0 Å². The van der Waals surface area contributed by atoms with Gasteiger partial charge in [-0.3, -0.25) is 9.59 Å². The third-order valence-electron chi connectivity index (χ3n) is 4.75. The number of carbonyl (C=O) groups excluding carboxylic acids is 2. The van der Waals surface area contributed by atoms with Crippen molar-refractivity contribution in [3.63, 3.8) is 0 Å². The molecule has 3 rings (SSSR count). The molecule has 1 N–H and O–H groups in total. The summed E-state index contributed by atoms with van der Waals surface area (Å²) < 4.78 is 0. The van der Waals surface area contributed by atoms with Crippen LogP contribution in [0.3, 0.4) is 0 Å². The summed E-state index contributed by atoms with van der Waals surface area (Å²) >= 11 is 0. The van der Waals surface area contributed by atoms with Crippen LogP contribution in [0.4, 0.5) is 0 Å². The molecule has 1 aliphatic carbocycles. The third kappa shape index (κ3) is 2.44. The van der Waals surface area contributed by atoms with Crippen LogP contribution in [-0.2, 0) is 0 Å². The maximum Gasteiger partial charge on any atom is 0.178 e. The second-order valence-corrected chi connectivity index (χ2v) is 7.06. The highest BCUT2D eigenvalue weighted by Gasteiger charge is 2.39. The molecular formula is C21H22O3. The number of aromatic hydroxyl groups is 1. The molecule has 0 unspecified atom stereocenters. The first-order valence-corrected chi connectivity index (χ1v) is 8.37.